The van der Waals surface area contributed by atoms with Crippen molar-refractivity contribution in [3.05, 3.63) is 78.4 Å². The van der Waals surface area contributed by atoms with E-state index in [4.69, 9.17) is 4.74 Å². The van der Waals surface area contributed by atoms with E-state index in [1.54, 1.807) is 6.07 Å². The lowest BCUT2D eigenvalue weighted by atomic mass is 9.56. The summed E-state index contributed by atoms with van der Waals surface area (Å²) in [6, 6.07) is 17.1. The Hall–Kier alpha value is -2.96. The van der Waals surface area contributed by atoms with Crippen LogP contribution in [0.2, 0.25) is 0 Å². The Labute approximate surface area is 220 Å². The third-order valence-corrected chi connectivity index (χ3v) is 7.96. The van der Waals surface area contributed by atoms with Gasteiger partial charge in [-0.25, -0.2) is 0 Å². The second kappa shape index (κ2) is 11.6. The maximum atomic E-state index is 13.8. The fraction of sp³-hybridized carbons (Fsp3) is 0.484. The molecule has 1 aliphatic heterocycles. The van der Waals surface area contributed by atoms with Crippen LogP contribution in [0.1, 0.15) is 56.0 Å². The van der Waals surface area contributed by atoms with Gasteiger partial charge in [-0.3, -0.25) is 14.5 Å². The van der Waals surface area contributed by atoms with Crippen molar-refractivity contribution >= 4 is 11.9 Å². The van der Waals surface area contributed by atoms with Gasteiger partial charge in [0.1, 0.15) is 5.75 Å². The fourth-order valence-corrected chi connectivity index (χ4v) is 6.41. The molecule has 1 saturated carbocycles. The predicted molar refractivity (Wildman–Crippen MR) is 146 cm³/mol. The number of rotatable bonds is 8. The Kier molecular flexibility index (Phi) is 8.50. The number of ether oxygens (including phenoxy) is 1. The summed E-state index contributed by atoms with van der Waals surface area (Å²) in [4.78, 5) is 29.8. The smallest absolute Gasteiger partial charge is 0.308 e. The molecule has 37 heavy (non-hydrogen) atoms. The van der Waals surface area contributed by atoms with Gasteiger partial charge in [-0.05, 0) is 61.6 Å². The van der Waals surface area contributed by atoms with E-state index in [0.29, 0.717) is 30.2 Å². The monoisotopic (exact) mass is 504 g/mol. The average Bonchev–Trinajstić information content (AvgIpc) is 2.87. The molecule has 1 saturated heterocycles. The van der Waals surface area contributed by atoms with Crippen LogP contribution in [0.3, 0.4) is 0 Å². The number of benzene rings is 2. The summed E-state index contributed by atoms with van der Waals surface area (Å²) >= 11 is 0. The summed E-state index contributed by atoms with van der Waals surface area (Å²) in [5.41, 5.74) is 1.39. The van der Waals surface area contributed by atoms with Crippen LogP contribution >= 0.6 is 0 Å². The van der Waals surface area contributed by atoms with Gasteiger partial charge < -0.3 is 14.7 Å². The van der Waals surface area contributed by atoms with E-state index in [1.165, 1.54) is 6.92 Å². The van der Waals surface area contributed by atoms with E-state index in [2.05, 4.69) is 31.4 Å². The van der Waals surface area contributed by atoms with E-state index < -0.39 is 6.10 Å². The summed E-state index contributed by atoms with van der Waals surface area (Å²) in [6.45, 7) is 12.6. The Morgan fingerprint density at radius 1 is 1.22 bits per heavy atom. The number of hydrogen-bond donors (Lipinski definition) is 1. The third-order valence-electron chi connectivity index (χ3n) is 7.96. The number of amides is 1. The molecule has 0 spiro atoms. The molecular formula is C31H40N2O4. The first kappa shape index (κ1) is 27.1. The molecule has 1 aliphatic carbocycles. The summed E-state index contributed by atoms with van der Waals surface area (Å²) in [7, 11) is 0. The zero-order valence-electron chi connectivity index (χ0n) is 22.3. The quantitative estimate of drug-likeness (QED) is 0.321. The molecular weight excluding hydrogens is 464 g/mol. The van der Waals surface area contributed by atoms with Gasteiger partial charge in [0, 0.05) is 49.5 Å². The standard InChI is InChI=1S/C31H40N2O4/c1-5-15-32-16-14-31(25-12-9-13-27(17-25)37-23(4)34)19-26(18-29(35)28(31)21-32)33(20-22(2)3)30(36)24-10-7-6-8-11-24/h5-13,17,22,26,28-29,35H,1,14-16,18-21H2,2-4H3/t26-,28?,29?,31?/m0/s1. The molecule has 4 atom stereocenters. The van der Waals surface area contributed by atoms with Crippen molar-refractivity contribution in [3.8, 4) is 5.75 Å². The molecule has 4 rings (SSSR count). The highest BCUT2D eigenvalue weighted by Crippen LogP contribution is 2.51. The molecule has 6 heteroatoms. The van der Waals surface area contributed by atoms with Gasteiger partial charge >= 0.3 is 5.97 Å². The molecule has 2 aromatic carbocycles. The zero-order chi connectivity index (χ0) is 26.6. The van der Waals surface area contributed by atoms with Gasteiger partial charge in [-0.2, -0.15) is 0 Å². The van der Waals surface area contributed by atoms with Gasteiger partial charge in [-0.15, -0.1) is 6.58 Å². The lowest BCUT2D eigenvalue weighted by Crippen LogP contribution is -2.61. The molecule has 2 aliphatic rings. The van der Waals surface area contributed by atoms with Gasteiger partial charge in [0.25, 0.3) is 5.91 Å². The SMILES string of the molecule is C=CCN1CCC2(c3cccc(OC(C)=O)c3)C[C@@H](N(CC(C)C)C(=O)c3ccccc3)CC(O)C2C1. The minimum absolute atomic E-state index is 0.00208. The molecule has 3 unspecified atom stereocenters. The molecule has 198 valence electrons. The minimum Gasteiger partial charge on any atom is -0.427 e. The van der Waals surface area contributed by atoms with Crippen molar-refractivity contribution in [2.45, 2.75) is 57.6 Å². The molecule has 0 bridgehead atoms. The van der Waals surface area contributed by atoms with E-state index in [9.17, 15) is 14.7 Å². The Balaban J connectivity index is 1.74. The van der Waals surface area contributed by atoms with E-state index in [-0.39, 0.29) is 29.3 Å². The largest absolute Gasteiger partial charge is 0.427 e. The molecule has 1 heterocycles. The minimum atomic E-state index is -0.568. The van der Waals surface area contributed by atoms with Crippen LogP contribution in [0.4, 0.5) is 0 Å². The first-order chi connectivity index (χ1) is 17.7. The van der Waals surface area contributed by atoms with E-state index in [0.717, 1.165) is 38.0 Å². The molecule has 1 N–H and O–H groups in total. The van der Waals surface area contributed by atoms with Crippen LogP contribution in [-0.4, -0.2) is 65.1 Å². The van der Waals surface area contributed by atoms with Gasteiger partial charge in [-0.1, -0.05) is 50.3 Å². The van der Waals surface area contributed by atoms with E-state index in [1.807, 2.05) is 53.4 Å². The summed E-state index contributed by atoms with van der Waals surface area (Å²) in [5.74, 6) is 0.462. The third kappa shape index (κ3) is 5.97. The van der Waals surface area contributed by atoms with Gasteiger partial charge in [0.15, 0.2) is 0 Å². The van der Waals surface area contributed by atoms with Gasteiger partial charge in [0.05, 0.1) is 6.10 Å². The van der Waals surface area contributed by atoms with Crippen molar-refractivity contribution in [1.29, 1.82) is 0 Å². The number of hydrogen-bond acceptors (Lipinski definition) is 5. The van der Waals surface area contributed by atoms with Crippen molar-refractivity contribution in [2.75, 3.05) is 26.2 Å². The first-order valence-corrected chi connectivity index (χ1v) is 13.4. The van der Waals surface area contributed by atoms with E-state index >= 15 is 0 Å². The van der Waals surface area contributed by atoms with Crippen LogP contribution in [-0.2, 0) is 10.2 Å². The average molecular weight is 505 g/mol. The maximum Gasteiger partial charge on any atom is 0.308 e. The number of aliphatic hydroxyl groups is 1. The number of aliphatic hydroxyl groups excluding tert-OH is 1. The van der Waals surface area contributed by atoms with Crippen LogP contribution in [0.15, 0.2) is 67.3 Å². The molecule has 0 aromatic heterocycles. The zero-order valence-corrected chi connectivity index (χ0v) is 22.3. The number of esters is 1. The van der Waals surface area contributed by atoms with Crippen molar-refractivity contribution in [3.63, 3.8) is 0 Å². The van der Waals surface area contributed by atoms with Crippen LogP contribution in [0.25, 0.3) is 0 Å². The van der Waals surface area contributed by atoms with Crippen LogP contribution < -0.4 is 4.74 Å². The predicted octanol–water partition coefficient (Wildman–Crippen LogP) is 4.68. The second-order valence-electron chi connectivity index (χ2n) is 11.1. The molecule has 0 radical (unpaired) electrons. The van der Waals surface area contributed by atoms with Crippen molar-refractivity contribution in [2.24, 2.45) is 11.8 Å². The number of nitrogens with zero attached hydrogens (tertiary/aromatic N) is 2. The van der Waals surface area contributed by atoms with Crippen molar-refractivity contribution < 1.29 is 19.4 Å². The maximum absolute atomic E-state index is 13.8. The van der Waals surface area contributed by atoms with Crippen LogP contribution in [0, 0.1) is 11.8 Å². The normalized spacial score (nSPS) is 25.8. The summed E-state index contributed by atoms with van der Waals surface area (Å²) < 4.78 is 5.44. The lowest BCUT2D eigenvalue weighted by Gasteiger charge is -2.56. The Morgan fingerprint density at radius 2 is 1.97 bits per heavy atom. The van der Waals surface area contributed by atoms with Crippen molar-refractivity contribution in [1.82, 2.24) is 9.80 Å². The molecule has 2 aromatic rings. The molecule has 1 amide bonds. The topological polar surface area (TPSA) is 70.1 Å². The highest BCUT2D eigenvalue weighted by atomic mass is 16.5. The Morgan fingerprint density at radius 3 is 2.65 bits per heavy atom. The van der Waals surface area contributed by atoms with Crippen LogP contribution in [0.5, 0.6) is 5.75 Å². The number of piperidine rings is 1. The molecule has 2 fully saturated rings. The number of fused-ring (bicyclic) bond motifs is 1. The number of carbonyl (C=O) groups excluding carboxylic acids is 2. The number of likely N-dealkylation sites (tertiary alicyclic amines) is 1. The lowest BCUT2D eigenvalue weighted by molar-refractivity contribution is -0.131. The highest BCUT2D eigenvalue weighted by molar-refractivity contribution is 5.94. The fourth-order valence-electron chi connectivity index (χ4n) is 6.41. The Bertz CT molecular complexity index is 1100. The highest BCUT2D eigenvalue weighted by Gasteiger charge is 2.53. The summed E-state index contributed by atoms with van der Waals surface area (Å²) in [6.07, 6.45) is 3.49. The summed E-state index contributed by atoms with van der Waals surface area (Å²) in [5, 5.41) is 11.7. The second-order valence-corrected chi connectivity index (χ2v) is 11.1. The molecule has 6 nitrogen and oxygen atoms in total. The number of carbonyl (C=O) groups is 2. The first-order valence-electron chi connectivity index (χ1n) is 13.4. The van der Waals surface area contributed by atoms with Gasteiger partial charge in [0.2, 0.25) is 0 Å².